The smallest absolute Gasteiger partial charge is 0.419 e. The van der Waals surface area contributed by atoms with Crippen LogP contribution in [0.2, 0.25) is 0 Å². The Balaban J connectivity index is 1.34. The van der Waals surface area contributed by atoms with Crippen molar-refractivity contribution >= 4 is 11.8 Å². The van der Waals surface area contributed by atoms with Crippen LogP contribution in [0.15, 0.2) is 40.8 Å². The van der Waals surface area contributed by atoms with Crippen LogP contribution in [-0.4, -0.2) is 45.6 Å². The molecular formula is C19H16F3N5O4. The molecule has 1 fully saturated rings. The lowest BCUT2D eigenvalue weighted by molar-refractivity contribution is -0.143. The highest BCUT2D eigenvalue weighted by atomic mass is 19.4. The van der Waals surface area contributed by atoms with E-state index in [0.717, 1.165) is 6.07 Å². The molecule has 1 aromatic carbocycles. The number of halogens is 3. The molecule has 0 unspecified atom stereocenters. The van der Waals surface area contributed by atoms with Crippen molar-refractivity contribution in [1.82, 2.24) is 20.4 Å². The summed E-state index contributed by atoms with van der Waals surface area (Å²) in [6.45, 7) is 1.86. The minimum atomic E-state index is -4.48. The third-order valence-corrected chi connectivity index (χ3v) is 4.39. The number of alkyl halides is 3. The second kappa shape index (κ2) is 8.20. The zero-order valence-corrected chi connectivity index (χ0v) is 16.2. The quantitative estimate of drug-likeness (QED) is 0.541. The van der Waals surface area contributed by atoms with Crippen LogP contribution in [0.25, 0.3) is 11.6 Å². The average Bonchev–Trinajstić information content (AvgIpc) is 3.18. The van der Waals surface area contributed by atoms with Crippen molar-refractivity contribution in [1.29, 1.82) is 0 Å². The summed E-state index contributed by atoms with van der Waals surface area (Å²) in [6, 6.07) is 8.42. The highest BCUT2D eigenvalue weighted by Crippen LogP contribution is 2.37. The van der Waals surface area contributed by atoms with E-state index in [1.165, 1.54) is 25.1 Å². The molecule has 1 aliphatic heterocycles. The van der Waals surface area contributed by atoms with Crippen LogP contribution in [-0.2, 0) is 22.3 Å². The minimum Gasteiger partial charge on any atom is -0.486 e. The molecule has 2 aromatic heterocycles. The van der Waals surface area contributed by atoms with Crippen LogP contribution in [0.1, 0.15) is 18.4 Å². The molecule has 0 aliphatic carbocycles. The predicted octanol–water partition coefficient (Wildman–Crippen LogP) is 2.88. The van der Waals surface area contributed by atoms with Crippen LogP contribution in [0.4, 0.5) is 19.0 Å². The highest BCUT2D eigenvalue weighted by Gasteiger charge is 2.36. The second-order valence-electron chi connectivity index (χ2n) is 6.70. The number of hydrogen-bond acceptors (Lipinski definition) is 9. The van der Waals surface area contributed by atoms with Crippen LogP contribution in [0.5, 0.6) is 5.75 Å². The van der Waals surface area contributed by atoms with Gasteiger partial charge in [-0.05, 0) is 24.3 Å². The average molecular weight is 435 g/mol. The summed E-state index contributed by atoms with van der Waals surface area (Å²) in [4.78, 5) is 12.6. The van der Waals surface area contributed by atoms with Crippen molar-refractivity contribution in [3.05, 3.63) is 47.9 Å². The Labute approximate surface area is 173 Å². The van der Waals surface area contributed by atoms with E-state index in [-0.39, 0.29) is 24.1 Å². The first-order valence-electron chi connectivity index (χ1n) is 9.17. The van der Waals surface area contributed by atoms with E-state index in [9.17, 15) is 18.0 Å². The van der Waals surface area contributed by atoms with Gasteiger partial charge in [0.2, 0.25) is 0 Å². The van der Waals surface area contributed by atoms with Gasteiger partial charge in [-0.1, -0.05) is 12.1 Å². The number of para-hydroxylation sites is 1. The Morgan fingerprint density at radius 1 is 1.13 bits per heavy atom. The topological polar surface area (TPSA) is 103 Å². The molecule has 0 radical (unpaired) electrons. The summed E-state index contributed by atoms with van der Waals surface area (Å²) >= 11 is 0. The van der Waals surface area contributed by atoms with Gasteiger partial charge in [-0.2, -0.15) is 13.2 Å². The SMILES string of the molecule is CC(=O)OCc1nnc(-c2ccc(N3CC(Oc4ccccc4C(F)(F)F)C3)nn2)o1. The van der Waals surface area contributed by atoms with Gasteiger partial charge in [0.15, 0.2) is 12.4 Å². The Morgan fingerprint density at radius 3 is 2.58 bits per heavy atom. The van der Waals surface area contributed by atoms with Crippen LogP contribution >= 0.6 is 0 Å². The minimum absolute atomic E-state index is 0.120. The second-order valence-corrected chi connectivity index (χ2v) is 6.70. The highest BCUT2D eigenvalue weighted by molar-refractivity contribution is 5.65. The molecular weight excluding hydrogens is 419 g/mol. The molecule has 3 aromatic rings. The van der Waals surface area contributed by atoms with Gasteiger partial charge in [-0.3, -0.25) is 4.79 Å². The van der Waals surface area contributed by atoms with Gasteiger partial charge in [0.05, 0.1) is 18.7 Å². The molecule has 0 spiro atoms. The molecule has 12 heteroatoms. The third kappa shape index (κ3) is 4.73. The number of rotatable bonds is 6. The standard InChI is InChI=1S/C19H16F3N5O4/c1-11(28)29-10-17-25-26-18(31-17)14-6-7-16(24-23-14)27-8-12(9-27)30-15-5-3-2-4-13(15)19(20,21)22/h2-7,12H,8-10H2,1H3. The van der Waals surface area contributed by atoms with Crippen molar-refractivity contribution in [3.8, 4) is 17.3 Å². The van der Waals surface area contributed by atoms with Gasteiger partial charge in [0.25, 0.3) is 11.8 Å². The van der Waals surface area contributed by atoms with Gasteiger partial charge in [-0.15, -0.1) is 20.4 Å². The molecule has 0 saturated carbocycles. The molecule has 31 heavy (non-hydrogen) atoms. The van der Waals surface area contributed by atoms with E-state index < -0.39 is 23.8 Å². The Morgan fingerprint density at radius 2 is 1.90 bits per heavy atom. The van der Waals surface area contributed by atoms with E-state index in [4.69, 9.17) is 13.9 Å². The fourth-order valence-corrected chi connectivity index (χ4v) is 2.87. The summed E-state index contributed by atoms with van der Waals surface area (Å²) < 4.78 is 54.9. The summed E-state index contributed by atoms with van der Waals surface area (Å²) in [7, 11) is 0. The van der Waals surface area contributed by atoms with E-state index in [1.54, 1.807) is 12.1 Å². The van der Waals surface area contributed by atoms with E-state index in [1.807, 2.05) is 4.90 Å². The number of carbonyl (C=O) groups is 1. The maximum absolute atomic E-state index is 13.1. The number of ether oxygens (including phenoxy) is 2. The Hall–Kier alpha value is -3.70. The zero-order chi connectivity index (χ0) is 22.0. The van der Waals surface area contributed by atoms with Crippen LogP contribution in [0.3, 0.4) is 0 Å². The van der Waals surface area contributed by atoms with Gasteiger partial charge in [0, 0.05) is 6.92 Å². The monoisotopic (exact) mass is 435 g/mol. The lowest BCUT2D eigenvalue weighted by Crippen LogP contribution is -2.54. The van der Waals surface area contributed by atoms with Gasteiger partial charge < -0.3 is 18.8 Å². The molecule has 1 aliphatic rings. The lowest BCUT2D eigenvalue weighted by atomic mass is 10.1. The maximum Gasteiger partial charge on any atom is 0.419 e. The van der Waals surface area contributed by atoms with Crippen molar-refractivity contribution in [2.75, 3.05) is 18.0 Å². The molecule has 0 amide bonds. The number of benzene rings is 1. The van der Waals surface area contributed by atoms with Crippen molar-refractivity contribution < 1.29 is 31.9 Å². The first-order valence-corrected chi connectivity index (χ1v) is 9.17. The maximum atomic E-state index is 13.1. The van der Waals surface area contributed by atoms with E-state index in [2.05, 4.69) is 20.4 Å². The number of hydrogen-bond donors (Lipinski definition) is 0. The number of nitrogens with zero attached hydrogens (tertiary/aromatic N) is 5. The first-order chi connectivity index (χ1) is 14.8. The lowest BCUT2D eigenvalue weighted by Gasteiger charge is -2.39. The molecule has 3 heterocycles. The summed E-state index contributed by atoms with van der Waals surface area (Å²) in [5, 5.41) is 15.7. The molecule has 0 N–H and O–H groups in total. The van der Waals surface area contributed by atoms with Crippen LogP contribution < -0.4 is 9.64 Å². The summed E-state index contributed by atoms with van der Waals surface area (Å²) in [5.41, 5.74) is -0.469. The molecule has 162 valence electrons. The largest absolute Gasteiger partial charge is 0.486 e. The number of aromatic nitrogens is 4. The van der Waals surface area contributed by atoms with E-state index in [0.29, 0.717) is 24.6 Å². The van der Waals surface area contributed by atoms with Crippen molar-refractivity contribution in [3.63, 3.8) is 0 Å². The van der Waals surface area contributed by atoms with Crippen molar-refractivity contribution in [2.45, 2.75) is 25.8 Å². The molecule has 1 saturated heterocycles. The Kier molecular flexibility index (Phi) is 5.44. The summed E-state index contributed by atoms with van der Waals surface area (Å²) in [6.07, 6.45) is -4.88. The zero-order valence-electron chi connectivity index (χ0n) is 16.2. The predicted molar refractivity (Wildman–Crippen MR) is 98.9 cm³/mol. The Bertz CT molecular complexity index is 1060. The third-order valence-electron chi connectivity index (χ3n) is 4.39. The first kappa shape index (κ1) is 20.6. The fraction of sp³-hybridized carbons (Fsp3) is 0.316. The molecule has 9 nitrogen and oxygen atoms in total. The van der Waals surface area contributed by atoms with Crippen LogP contribution in [0, 0.1) is 0 Å². The molecule has 4 rings (SSSR count). The molecule has 0 atom stereocenters. The normalized spacial score (nSPS) is 14.3. The number of anilines is 1. The van der Waals surface area contributed by atoms with Gasteiger partial charge >= 0.3 is 12.1 Å². The van der Waals surface area contributed by atoms with Crippen molar-refractivity contribution in [2.24, 2.45) is 0 Å². The van der Waals surface area contributed by atoms with Gasteiger partial charge in [-0.25, -0.2) is 0 Å². The van der Waals surface area contributed by atoms with E-state index >= 15 is 0 Å². The molecule has 0 bridgehead atoms. The fourth-order valence-electron chi connectivity index (χ4n) is 2.87. The summed E-state index contributed by atoms with van der Waals surface area (Å²) in [5.74, 6) is 0.115. The number of carbonyl (C=O) groups excluding carboxylic acids is 1. The number of esters is 1. The van der Waals surface area contributed by atoms with Gasteiger partial charge in [0.1, 0.15) is 17.5 Å².